The molecule has 0 saturated carbocycles. The van der Waals surface area contributed by atoms with Crippen LogP contribution >= 0.6 is 11.6 Å². The minimum Gasteiger partial charge on any atom is -0.353 e. The van der Waals surface area contributed by atoms with Gasteiger partial charge in [0.15, 0.2) is 0 Å². The molecule has 1 N–H and O–H groups in total. The molecule has 2 aromatic carbocycles. The van der Waals surface area contributed by atoms with Gasteiger partial charge < -0.3 is 15.1 Å². The molecule has 0 aliphatic carbocycles. The summed E-state index contributed by atoms with van der Waals surface area (Å²) in [5.41, 5.74) is 4.22. The molecule has 3 aromatic rings. The van der Waals surface area contributed by atoms with E-state index >= 15 is 0 Å². The highest BCUT2D eigenvalue weighted by molar-refractivity contribution is 6.30. The molecule has 1 fully saturated rings. The predicted molar refractivity (Wildman–Crippen MR) is 115 cm³/mol. The summed E-state index contributed by atoms with van der Waals surface area (Å²) in [5, 5.41) is 4.78. The first kappa shape index (κ1) is 18.6. The van der Waals surface area contributed by atoms with Crippen LogP contribution in [0.1, 0.15) is 11.1 Å². The third-order valence-corrected chi connectivity index (χ3v) is 5.47. The number of halogens is 1. The fourth-order valence-corrected chi connectivity index (χ4v) is 3.71. The molecule has 1 aromatic heterocycles. The predicted octanol–water partition coefficient (Wildman–Crippen LogP) is 4.86. The highest BCUT2D eigenvalue weighted by atomic mass is 35.5. The first-order valence-electron chi connectivity index (χ1n) is 9.45. The van der Waals surface area contributed by atoms with Crippen LogP contribution < -0.4 is 10.2 Å². The number of aryl methyl sites for hydroxylation is 2. The molecule has 6 heteroatoms. The lowest BCUT2D eigenvalue weighted by molar-refractivity contribution is 0.208. The van der Waals surface area contributed by atoms with Crippen molar-refractivity contribution in [1.29, 1.82) is 0 Å². The van der Waals surface area contributed by atoms with E-state index in [1.165, 1.54) is 16.5 Å². The lowest BCUT2D eigenvalue weighted by Gasteiger charge is -2.35. The molecule has 1 aliphatic rings. The van der Waals surface area contributed by atoms with Crippen LogP contribution in [0.5, 0.6) is 0 Å². The minimum atomic E-state index is -0.0829. The van der Waals surface area contributed by atoms with Crippen LogP contribution in [0.2, 0.25) is 5.02 Å². The van der Waals surface area contributed by atoms with Gasteiger partial charge in [-0.3, -0.25) is 0 Å². The van der Waals surface area contributed by atoms with Gasteiger partial charge in [-0.2, -0.15) is 0 Å². The van der Waals surface area contributed by atoms with E-state index in [1.807, 2.05) is 4.90 Å². The molecule has 2 heterocycles. The molecule has 0 atom stereocenters. The topological polar surface area (TPSA) is 48.5 Å². The number of para-hydroxylation sites is 1. The zero-order valence-electron chi connectivity index (χ0n) is 16.1. The quantitative estimate of drug-likeness (QED) is 0.675. The molecular weight excluding hydrogens is 372 g/mol. The van der Waals surface area contributed by atoms with Crippen molar-refractivity contribution in [2.45, 2.75) is 13.8 Å². The maximum atomic E-state index is 12.5. The van der Waals surface area contributed by atoms with Gasteiger partial charge in [-0.15, -0.1) is 0 Å². The van der Waals surface area contributed by atoms with Crippen LogP contribution in [-0.2, 0) is 0 Å². The minimum absolute atomic E-state index is 0.0829. The second kappa shape index (κ2) is 7.68. The Hall–Kier alpha value is -2.79. The number of nitrogens with one attached hydrogen (secondary N) is 1. The number of hydrogen-bond acceptors (Lipinski definition) is 3. The van der Waals surface area contributed by atoms with Gasteiger partial charge in [-0.25, -0.2) is 9.78 Å². The summed E-state index contributed by atoms with van der Waals surface area (Å²) in [5.74, 6) is 0.983. The standard InChI is InChI=1S/C22H23ClN4O/c1-15-4-3-5-19-16(2)14-20(25-21(15)19)26-10-12-27(13-11-26)22(28)24-18-8-6-17(23)7-9-18/h3-9,14H,10-13H2,1-2H3,(H,24,28). The molecule has 4 rings (SSSR count). The number of amides is 2. The van der Waals surface area contributed by atoms with Gasteiger partial charge in [0, 0.05) is 42.3 Å². The third-order valence-electron chi connectivity index (χ3n) is 5.22. The molecule has 1 aliphatic heterocycles. The van der Waals surface area contributed by atoms with E-state index < -0.39 is 0 Å². The number of anilines is 2. The van der Waals surface area contributed by atoms with E-state index in [9.17, 15) is 4.79 Å². The van der Waals surface area contributed by atoms with Crippen molar-refractivity contribution in [3.8, 4) is 0 Å². The van der Waals surface area contributed by atoms with Crippen molar-refractivity contribution in [2.24, 2.45) is 0 Å². The smallest absolute Gasteiger partial charge is 0.321 e. The zero-order valence-corrected chi connectivity index (χ0v) is 16.8. The van der Waals surface area contributed by atoms with Crippen LogP contribution in [0.25, 0.3) is 10.9 Å². The number of hydrogen-bond donors (Lipinski definition) is 1. The van der Waals surface area contributed by atoms with Crippen LogP contribution in [0, 0.1) is 13.8 Å². The maximum Gasteiger partial charge on any atom is 0.321 e. The monoisotopic (exact) mass is 394 g/mol. The Morgan fingerprint density at radius 1 is 1.00 bits per heavy atom. The molecule has 0 radical (unpaired) electrons. The SMILES string of the molecule is Cc1cc(N2CCN(C(=O)Nc3ccc(Cl)cc3)CC2)nc2c(C)cccc12. The van der Waals surface area contributed by atoms with Crippen molar-refractivity contribution < 1.29 is 4.79 Å². The molecule has 28 heavy (non-hydrogen) atoms. The third kappa shape index (κ3) is 3.76. The lowest BCUT2D eigenvalue weighted by atomic mass is 10.1. The fourth-order valence-electron chi connectivity index (χ4n) is 3.58. The second-order valence-electron chi connectivity index (χ2n) is 7.18. The van der Waals surface area contributed by atoms with Crippen molar-refractivity contribution in [1.82, 2.24) is 9.88 Å². The number of carbonyl (C=O) groups is 1. The molecule has 144 valence electrons. The van der Waals surface area contributed by atoms with E-state index in [2.05, 4.69) is 48.3 Å². The lowest BCUT2D eigenvalue weighted by Crippen LogP contribution is -2.50. The van der Waals surface area contributed by atoms with Gasteiger partial charge in [-0.1, -0.05) is 29.8 Å². The fraction of sp³-hybridized carbons (Fsp3) is 0.273. The maximum absolute atomic E-state index is 12.5. The van der Waals surface area contributed by atoms with Gasteiger partial charge in [0.05, 0.1) is 5.52 Å². The average molecular weight is 395 g/mol. The summed E-state index contributed by atoms with van der Waals surface area (Å²) < 4.78 is 0. The summed E-state index contributed by atoms with van der Waals surface area (Å²) in [4.78, 5) is 21.5. The molecule has 1 saturated heterocycles. The average Bonchev–Trinajstić information content (AvgIpc) is 2.70. The summed E-state index contributed by atoms with van der Waals surface area (Å²) in [6.45, 7) is 7.06. The number of nitrogens with zero attached hydrogens (tertiary/aromatic N) is 3. The molecule has 0 bridgehead atoms. The van der Waals surface area contributed by atoms with Crippen molar-refractivity contribution in [3.63, 3.8) is 0 Å². The number of aromatic nitrogens is 1. The molecule has 0 spiro atoms. The van der Waals surface area contributed by atoms with Crippen LogP contribution in [-0.4, -0.2) is 42.1 Å². The highest BCUT2D eigenvalue weighted by Gasteiger charge is 2.22. The zero-order chi connectivity index (χ0) is 19.7. The molecular formula is C22H23ClN4O. The number of urea groups is 1. The van der Waals surface area contributed by atoms with E-state index in [0.717, 1.165) is 30.1 Å². The van der Waals surface area contributed by atoms with Gasteiger partial charge >= 0.3 is 6.03 Å². The number of piperazine rings is 1. The summed E-state index contributed by atoms with van der Waals surface area (Å²) in [6.07, 6.45) is 0. The Kier molecular flexibility index (Phi) is 5.09. The van der Waals surface area contributed by atoms with Crippen LogP contribution in [0.4, 0.5) is 16.3 Å². The van der Waals surface area contributed by atoms with Crippen molar-refractivity contribution >= 4 is 40.0 Å². The molecule has 0 unspecified atom stereocenters. The number of benzene rings is 2. The second-order valence-corrected chi connectivity index (χ2v) is 7.62. The van der Waals surface area contributed by atoms with Gasteiger partial charge in [-0.05, 0) is 55.3 Å². The van der Waals surface area contributed by atoms with Crippen LogP contribution in [0.15, 0.2) is 48.5 Å². The largest absolute Gasteiger partial charge is 0.353 e. The number of rotatable bonds is 2. The van der Waals surface area contributed by atoms with Crippen molar-refractivity contribution in [3.05, 3.63) is 64.7 Å². The molecule has 2 amide bonds. The van der Waals surface area contributed by atoms with Crippen molar-refractivity contribution in [2.75, 3.05) is 36.4 Å². The Morgan fingerprint density at radius 3 is 2.43 bits per heavy atom. The first-order chi connectivity index (χ1) is 13.5. The number of pyridine rings is 1. The number of carbonyl (C=O) groups excluding carboxylic acids is 1. The van der Waals surface area contributed by atoms with Gasteiger partial charge in [0.2, 0.25) is 0 Å². The Morgan fingerprint density at radius 2 is 1.71 bits per heavy atom. The van der Waals surface area contributed by atoms with E-state index in [4.69, 9.17) is 16.6 Å². The Labute approximate surface area is 169 Å². The number of fused-ring (bicyclic) bond motifs is 1. The summed E-state index contributed by atoms with van der Waals surface area (Å²) in [7, 11) is 0. The summed E-state index contributed by atoms with van der Waals surface area (Å²) in [6, 6.07) is 15.5. The summed E-state index contributed by atoms with van der Waals surface area (Å²) >= 11 is 5.89. The van der Waals surface area contributed by atoms with E-state index in [0.29, 0.717) is 18.1 Å². The van der Waals surface area contributed by atoms with E-state index in [1.54, 1.807) is 24.3 Å². The Balaban J connectivity index is 1.44. The van der Waals surface area contributed by atoms with Gasteiger partial charge in [0.1, 0.15) is 5.82 Å². The van der Waals surface area contributed by atoms with E-state index in [-0.39, 0.29) is 6.03 Å². The highest BCUT2D eigenvalue weighted by Crippen LogP contribution is 2.25. The normalized spacial score (nSPS) is 14.4. The Bertz CT molecular complexity index is 1010. The van der Waals surface area contributed by atoms with Crippen LogP contribution in [0.3, 0.4) is 0 Å². The first-order valence-corrected chi connectivity index (χ1v) is 9.82. The molecule has 5 nitrogen and oxygen atoms in total. The van der Waals surface area contributed by atoms with Gasteiger partial charge in [0.25, 0.3) is 0 Å².